The van der Waals surface area contributed by atoms with Gasteiger partial charge in [0.15, 0.2) is 0 Å². The third kappa shape index (κ3) is 3.23. The van der Waals surface area contributed by atoms with Crippen LogP contribution in [0.1, 0.15) is 33.1 Å². The van der Waals surface area contributed by atoms with Crippen molar-refractivity contribution in [2.24, 2.45) is 11.7 Å². The van der Waals surface area contributed by atoms with E-state index in [0.717, 1.165) is 32.0 Å². The van der Waals surface area contributed by atoms with Gasteiger partial charge in [0.1, 0.15) is 0 Å². The summed E-state index contributed by atoms with van der Waals surface area (Å²) < 4.78 is 0. The Kier molecular flexibility index (Phi) is 4.85. The topological polar surface area (TPSA) is 49.5 Å². The Morgan fingerprint density at radius 2 is 1.93 bits per heavy atom. The maximum absolute atomic E-state index is 9.48. The Morgan fingerprint density at radius 3 is 2.36 bits per heavy atom. The molecule has 0 saturated carbocycles. The lowest BCUT2D eigenvalue weighted by Gasteiger charge is -2.37. The van der Waals surface area contributed by atoms with E-state index < -0.39 is 0 Å². The molecular weight excluding hydrogens is 176 g/mol. The van der Waals surface area contributed by atoms with Gasteiger partial charge in [-0.15, -0.1) is 0 Å². The SMILES string of the molecule is CC(O)C(C)N1CCC(CCN)CC1. The Bertz CT molecular complexity index is 153. The van der Waals surface area contributed by atoms with Crippen LogP contribution in [0.15, 0.2) is 0 Å². The molecule has 0 aromatic carbocycles. The molecule has 3 nitrogen and oxygen atoms in total. The van der Waals surface area contributed by atoms with E-state index in [0.29, 0.717) is 6.04 Å². The zero-order valence-corrected chi connectivity index (χ0v) is 9.45. The van der Waals surface area contributed by atoms with Crippen LogP contribution in [0.25, 0.3) is 0 Å². The zero-order valence-electron chi connectivity index (χ0n) is 9.45. The van der Waals surface area contributed by atoms with Gasteiger partial charge >= 0.3 is 0 Å². The van der Waals surface area contributed by atoms with Gasteiger partial charge < -0.3 is 10.8 Å². The minimum atomic E-state index is -0.221. The van der Waals surface area contributed by atoms with Gasteiger partial charge in [-0.3, -0.25) is 4.90 Å². The van der Waals surface area contributed by atoms with Crippen molar-refractivity contribution in [3.63, 3.8) is 0 Å². The lowest BCUT2D eigenvalue weighted by Crippen LogP contribution is -2.45. The first-order valence-electron chi connectivity index (χ1n) is 5.77. The largest absolute Gasteiger partial charge is 0.392 e. The second kappa shape index (κ2) is 5.69. The second-order valence-corrected chi connectivity index (χ2v) is 4.54. The van der Waals surface area contributed by atoms with Crippen molar-refractivity contribution < 1.29 is 5.11 Å². The molecule has 84 valence electrons. The number of likely N-dealkylation sites (tertiary alicyclic amines) is 1. The number of nitrogens with two attached hydrogens (primary N) is 1. The molecule has 0 spiro atoms. The summed E-state index contributed by atoms with van der Waals surface area (Å²) in [6.07, 6.45) is 3.43. The van der Waals surface area contributed by atoms with Crippen LogP contribution in [0.5, 0.6) is 0 Å². The van der Waals surface area contributed by atoms with Crippen molar-refractivity contribution >= 4 is 0 Å². The normalized spacial score (nSPS) is 24.9. The first-order chi connectivity index (χ1) is 6.65. The van der Waals surface area contributed by atoms with Gasteiger partial charge in [0, 0.05) is 6.04 Å². The van der Waals surface area contributed by atoms with Crippen molar-refractivity contribution in [3.05, 3.63) is 0 Å². The van der Waals surface area contributed by atoms with Gasteiger partial charge in [0.2, 0.25) is 0 Å². The summed E-state index contributed by atoms with van der Waals surface area (Å²) in [5.74, 6) is 0.817. The minimum Gasteiger partial charge on any atom is -0.392 e. The fraction of sp³-hybridized carbons (Fsp3) is 1.00. The molecule has 2 unspecified atom stereocenters. The third-order valence-electron chi connectivity index (χ3n) is 3.50. The molecule has 0 aromatic rings. The molecular formula is C11H24N2O. The monoisotopic (exact) mass is 200 g/mol. The molecule has 14 heavy (non-hydrogen) atoms. The predicted molar refractivity (Wildman–Crippen MR) is 59.1 cm³/mol. The quantitative estimate of drug-likeness (QED) is 0.706. The van der Waals surface area contributed by atoms with Crippen LogP contribution in [0.3, 0.4) is 0 Å². The lowest BCUT2D eigenvalue weighted by molar-refractivity contribution is 0.0475. The summed E-state index contributed by atoms with van der Waals surface area (Å²) in [4.78, 5) is 2.39. The molecule has 3 heteroatoms. The van der Waals surface area contributed by atoms with Crippen LogP contribution in [0.4, 0.5) is 0 Å². The van der Waals surface area contributed by atoms with Gasteiger partial charge in [0.05, 0.1) is 6.10 Å². The maximum atomic E-state index is 9.48. The molecule has 0 radical (unpaired) electrons. The first-order valence-corrected chi connectivity index (χ1v) is 5.77. The van der Waals surface area contributed by atoms with Crippen molar-refractivity contribution in [2.75, 3.05) is 19.6 Å². The molecule has 1 heterocycles. The number of hydrogen-bond acceptors (Lipinski definition) is 3. The van der Waals surface area contributed by atoms with Crippen LogP contribution < -0.4 is 5.73 Å². The average Bonchev–Trinajstić information content (AvgIpc) is 2.18. The van der Waals surface area contributed by atoms with Crippen molar-refractivity contribution in [3.8, 4) is 0 Å². The van der Waals surface area contributed by atoms with Gasteiger partial charge in [-0.05, 0) is 58.7 Å². The van der Waals surface area contributed by atoms with Crippen molar-refractivity contribution in [1.82, 2.24) is 4.90 Å². The Hall–Kier alpha value is -0.120. The highest BCUT2D eigenvalue weighted by Crippen LogP contribution is 2.21. The Morgan fingerprint density at radius 1 is 1.36 bits per heavy atom. The van der Waals surface area contributed by atoms with Crippen LogP contribution in [-0.4, -0.2) is 41.8 Å². The van der Waals surface area contributed by atoms with E-state index in [4.69, 9.17) is 5.73 Å². The Labute approximate surface area is 87.3 Å². The van der Waals surface area contributed by atoms with Crippen molar-refractivity contribution in [2.45, 2.75) is 45.3 Å². The first kappa shape index (κ1) is 12.0. The van der Waals surface area contributed by atoms with E-state index in [-0.39, 0.29) is 6.10 Å². The average molecular weight is 200 g/mol. The molecule has 0 amide bonds. The van der Waals surface area contributed by atoms with E-state index in [1.165, 1.54) is 12.8 Å². The summed E-state index contributed by atoms with van der Waals surface area (Å²) in [7, 11) is 0. The summed E-state index contributed by atoms with van der Waals surface area (Å²) in [5, 5.41) is 9.48. The van der Waals surface area contributed by atoms with Crippen LogP contribution in [-0.2, 0) is 0 Å². The van der Waals surface area contributed by atoms with Crippen LogP contribution >= 0.6 is 0 Å². The highest BCUT2D eigenvalue weighted by atomic mass is 16.3. The third-order valence-corrected chi connectivity index (χ3v) is 3.50. The molecule has 0 bridgehead atoms. The highest BCUT2D eigenvalue weighted by Gasteiger charge is 2.24. The van der Waals surface area contributed by atoms with E-state index in [9.17, 15) is 5.11 Å². The number of hydrogen-bond donors (Lipinski definition) is 2. The number of rotatable bonds is 4. The number of aliphatic hydroxyl groups is 1. The smallest absolute Gasteiger partial charge is 0.0664 e. The summed E-state index contributed by atoms with van der Waals surface area (Å²) in [6.45, 7) is 7.04. The summed E-state index contributed by atoms with van der Waals surface area (Å²) in [6, 6.07) is 0.300. The van der Waals surface area contributed by atoms with E-state index in [1.807, 2.05) is 6.92 Å². The van der Waals surface area contributed by atoms with E-state index in [1.54, 1.807) is 0 Å². The molecule has 0 aliphatic carbocycles. The van der Waals surface area contributed by atoms with Crippen LogP contribution in [0.2, 0.25) is 0 Å². The van der Waals surface area contributed by atoms with Gasteiger partial charge in [-0.2, -0.15) is 0 Å². The highest BCUT2D eigenvalue weighted by molar-refractivity contribution is 4.78. The molecule has 1 aliphatic rings. The number of piperidine rings is 1. The molecule has 0 aromatic heterocycles. The fourth-order valence-corrected chi connectivity index (χ4v) is 2.19. The molecule has 1 aliphatic heterocycles. The van der Waals surface area contributed by atoms with Gasteiger partial charge in [-0.25, -0.2) is 0 Å². The van der Waals surface area contributed by atoms with E-state index in [2.05, 4.69) is 11.8 Å². The van der Waals surface area contributed by atoms with Crippen molar-refractivity contribution in [1.29, 1.82) is 0 Å². The van der Waals surface area contributed by atoms with E-state index >= 15 is 0 Å². The lowest BCUT2D eigenvalue weighted by atomic mass is 9.92. The number of nitrogens with zero attached hydrogens (tertiary/aromatic N) is 1. The number of aliphatic hydroxyl groups excluding tert-OH is 1. The molecule has 1 saturated heterocycles. The molecule has 2 atom stereocenters. The van der Waals surface area contributed by atoms with Gasteiger partial charge in [-0.1, -0.05) is 0 Å². The second-order valence-electron chi connectivity index (χ2n) is 4.54. The van der Waals surface area contributed by atoms with Crippen LogP contribution in [0, 0.1) is 5.92 Å². The zero-order chi connectivity index (χ0) is 10.6. The standard InChI is InChI=1S/C11H24N2O/c1-9(10(2)14)13-7-4-11(3-6-12)5-8-13/h9-11,14H,3-8,12H2,1-2H3. The summed E-state index contributed by atoms with van der Waals surface area (Å²) in [5.41, 5.74) is 5.55. The van der Waals surface area contributed by atoms with Gasteiger partial charge in [0.25, 0.3) is 0 Å². The molecule has 1 fully saturated rings. The predicted octanol–water partition coefficient (Wildman–Crippen LogP) is 0.816. The fourth-order valence-electron chi connectivity index (χ4n) is 2.19. The molecule has 3 N–H and O–H groups in total. The Balaban J connectivity index is 2.28. The maximum Gasteiger partial charge on any atom is 0.0664 e. The minimum absolute atomic E-state index is 0.221. The molecule has 1 rings (SSSR count). The summed E-state index contributed by atoms with van der Waals surface area (Å²) >= 11 is 0.